The summed E-state index contributed by atoms with van der Waals surface area (Å²) in [6.07, 6.45) is 1.74. The lowest BCUT2D eigenvalue weighted by molar-refractivity contribution is -0.118. The molecule has 0 spiro atoms. The van der Waals surface area contributed by atoms with Gasteiger partial charge < -0.3 is 14.6 Å². The fraction of sp³-hybridized carbons (Fsp3) is 0.100. The number of benzene rings is 2. The van der Waals surface area contributed by atoms with Crippen molar-refractivity contribution >= 4 is 22.8 Å². The van der Waals surface area contributed by atoms with Gasteiger partial charge in [-0.05, 0) is 43.3 Å². The maximum atomic E-state index is 11.9. The molecule has 0 aliphatic heterocycles. The van der Waals surface area contributed by atoms with Crippen LogP contribution in [0.5, 0.6) is 5.75 Å². The van der Waals surface area contributed by atoms with Gasteiger partial charge in [0.2, 0.25) is 0 Å². The Morgan fingerprint density at radius 3 is 2.63 bits per heavy atom. The fourth-order valence-corrected chi connectivity index (χ4v) is 2.57. The van der Waals surface area contributed by atoms with Crippen molar-refractivity contribution in [3.63, 3.8) is 0 Å². The number of carbonyl (C=O) groups is 1. The summed E-state index contributed by atoms with van der Waals surface area (Å²) in [5.41, 5.74) is 3.40. The Bertz CT molecular complexity index is 1090. The number of nitrogens with zero attached hydrogens (tertiary/aromatic N) is 3. The van der Waals surface area contributed by atoms with E-state index < -0.39 is 0 Å². The van der Waals surface area contributed by atoms with E-state index in [9.17, 15) is 4.79 Å². The molecule has 2 heterocycles. The lowest BCUT2D eigenvalue weighted by Gasteiger charge is -2.07. The van der Waals surface area contributed by atoms with Gasteiger partial charge in [-0.1, -0.05) is 17.3 Å². The number of rotatable bonds is 5. The van der Waals surface area contributed by atoms with Gasteiger partial charge in [0.15, 0.2) is 12.4 Å². The molecule has 0 saturated carbocycles. The van der Waals surface area contributed by atoms with Crippen molar-refractivity contribution in [1.29, 1.82) is 0 Å². The molecule has 0 fully saturated rings. The van der Waals surface area contributed by atoms with Gasteiger partial charge >= 0.3 is 0 Å². The SMILES string of the molecule is Cc1cc(NC(=O)COc2ccc(-c3cnc4ccccc4n3)cc2)no1. The van der Waals surface area contributed by atoms with Crippen molar-refractivity contribution in [1.82, 2.24) is 15.1 Å². The third-order valence-corrected chi connectivity index (χ3v) is 3.86. The van der Waals surface area contributed by atoms with Crippen LogP contribution in [-0.4, -0.2) is 27.6 Å². The molecule has 0 saturated heterocycles. The number of carbonyl (C=O) groups excluding carboxylic acids is 1. The second-order valence-electron chi connectivity index (χ2n) is 5.93. The van der Waals surface area contributed by atoms with Crippen LogP contribution in [0.15, 0.2) is 65.3 Å². The van der Waals surface area contributed by atoms with Gasteiger partial charge in [-0.15, -0.1) is 0 Å². The van der Waals surface area contributed by atoms with Crippen molar-refractivity contribution in [3.05, 3.63) is 66.6 Å². The Labute approximate surface area is 155 Å². The monoisotopic (exact) mass is 360 g/mol. The van der Waals surface area contributed by atoms with Gasteiger partial charge in [0, 0.05) is 11.6 Å². The molecule has 2 aromatic carbocycles. The van der Waals surface area contributed by atoms with Gasteiger partial charge in [-0.2, -0.15) is 0 Å². The average Bonchev–Trinajstić information content (AvgIpc) is 3.11. The Hall–Kier alpha value is -3.74. The van der Waals surface area contributed by atoms with Gasteiger partial charge in [-0.3, -0.25) is 9.78 Å². The van der Waals surface area contributed by atoms with E-state index in [0.29, 0.717) is 17.3 Å². The molecule has 0 atom stereocenters. The zero-order valence-electron chi connectivity index (χ0n) is 14.5. The minimum Gasteiger partial charge on any atom is -0.484 e. The first-order valence-electron chi connectivity index (χ1n) is 8.35. The van der Waals surface area contributed by atoms with E-state index in [0.717, 1.165) is 22.3 Å². The lowest BCUT2D eigenvalue weighted by atomic mass is 10.1. The molecule has 1 N–H and O–H groups in total. The molecular formula is C20H16N4O3. The number of anilines is 1. The molecule has 0 aliphatic rings. The molecular weight excluding hydrogens is 344 g/mol. The number of fused-ring (bicyclic) bond motifs is 1. The van der Waals surface area contributed by atoms with Gasteiger partial charge in [-0.25, -0.2) is 4.98 Å². The van der Waals surface area contributed by atoms with E-state index in [1.54, 1.807) is 31.3 Å². The topological polar surface area (TPSA) is 90.1 Å². The molecule has 0 radical (unpaired) electrons. The van der Waals surface area contributed by atoms with Crippen LogP contribution in [0.3, 0.4) is 0 Å². The number of ether oxygens (including phenoxy) is 1. The molecule has 134 valence electrons. The van der Waals surface area contributed by atoms with E-state index in [1.807, 2.05) is 36.4 Å². The molecule has 0 unspecified atom stereocenters. The van der Waals surface area contributed by atoms with Gasteiger partial charge in [0.25, 0.3) is 5.91 Å². The number of hydrogen-bond acceptors (Lipinski definition) is 6. The lowest BCUT2D eigenvalue weighted by Crippen LogP contribution is -2.20. The number of aromatic nitrogens is 3. The van der Waals surface area contributed by atoms with Gasteiger partial charge in [0.1, 0.15) is 11.5 Å². The number of aryl methyl sites for hydroxylation is 1. The van der Waals surface area contributed by atoms with Crippen LogP contribution >= 0.6 is 0 Å². The fourth-order valence-electron chi connectivity index (χ4n) is 2.57. The van der Waals surface area contributed by atoms with Crippen molar-refractivity contribution in [2.75, 3.05) is 11.9 Å². The van der Waals surface area contributed by atoms with Crippen LogP contribution in [0.1, 0.15) is 5.76 Å². The van der Waals surface area contributed by atoms with Crippen LogP contribution in [-0.2, 0) is 4.79 Å². The van der Waals surface area contributed by atoms with Gasteiger partial charge in [0.05, 0.1) is 22.9 Å². The molecule has 1 amide bonds. The summed E-state index contributed by atoms with van der Waals surface area (Å²) in [5.74, 6) is 1.26. The summed E-state index contributed by atoms with van der Waals surface area (Å²) in [4.78, 5) is 20.9. The van der Waals surface area contributed by atoms with E-state index >= 15 is 0 Å². The summed E-state index contributed by atoms with van der Waals surface area (Å²) in [5, 5.41) is 6.30. The largest absolute Gasteiger partial charge is 0.484 e. The van der Waals surface area contributed by atoms with Crippen LogP contribution in [0.2, 0.25) is 0 Å². The summed E-state index contributed by atoms with van der Waals surface area (Å²) >= 11 is 0. The number of hydrogen-bond donors (Lipinski definition) is 1. The smallest absolute Gasteiger partial charge is 0.263 e. The normalized spacial score (nSPS) is 10.7. The molecule has 2 aromatic heterocycles. The molecule has 0 bridgehead atoms. The van der Waals surface area contributed by atoms with Crippen LogP contribution in [0.25, 0.3) is 22.3 Å². The first kappa shape index (κ1) is 16.7. The predicted molar refractivity (Wildman–Crippen MR) is 100 cm³/mol. The molecule has 27 heavy (non-hydrogen) atoms. The summed E-state index contributed by atoms with van der Waals surface area (Å²) in [7, 11) is 0. The highest BCUT2D eigenvalue weighted by molar-refractivity contribution is 5.90. The van der Waals surface area contributed by atoms with E-state index in [4.69, 9.17) is 9.26 Å². The van der Waals surface area contributed by atoms with Crippen molar-refractivity contribution < 1.29 is 14.1 Å². The first-order chi connectivity index (χ1) is 13.2. The molecule has 7 nitrogen and oxygen atoms in total. The van der Waals surface area contributed by atoms with Crippen LogP contribution < -0.4 is 10.1 Å². The van der Waals surface area contributed by atoms with Crippen molar-refractivity contribution in [2.45, 2.75) is 6.92 Å². The minimum absolute atomic E-state index is 0.124. The Balaban J connectivity index is 1.40. The standard InChI is InChI=1S/C20H16N4O3/c1-13-10-19(24-27-13)23-20(25)12-26-15-8-6-14(7-9-15)18-11-21-16-4-2-3-5-17(16)22-18/h2-11H,12H2,1H3,(H,23,24,25). The first-order valence-corrected chi connectivity index (χ1v) is 8.35. The molecule has 4 rings (SSSR count). The third kappa shape index (κ3) is 3.92. The second kappa shape index (κ2) is 7.25. The number of nitrogens with one attached hydrogen (secondary N) is 1. The number of amides is 1. The molecule has 0 aliphatic carbocycles. The Morgan fingerprint density at radius 1 is 1.11 bits per heavy atom. The maximum Gasteiger partial charge on any atom is 0.263 e. The summed E-state index contributed by atoms with van der Waals surface area (Å²) in [6, 6.07) is 16.7. The summed E-state index contributed by atoms with van der Waals surface area (Å²) < 4.78 is 10.4. The van der Waals surface area contributed by atoms with Crippen LogP contribution in [0, 0.1) is 6.92 Å². The van der Waals surface area contributed by atoms with Crippen LogP contribution in [0.4, 0.5) is 5.82 Å². The van der Waals surface area contributed by atoms with E-state index in [-0.39, 0.29) is 12.5 Å². The summed E-state index contributed by atoms with van der Waals surface area (Å²) in [6.45, 7) is 1.63. The Morgan fingerprint density at radius 2 is 1.89 bits per heavy atom. The van der Waals surface area contributed by atoms with Crippen molar-refractivity contribution in [2.24, 2.45) is 0 Å². The molecule has 4 aromatic rings. The maximum absolute atomic E-state index is 11.9. The Kier molecular flexibility index (Phi) is 4.49. The quantitative estimate of drug-likeness (QED) is 0.585. The third-order valence-electron chi connectivity index (χ3n) is 3.86. The highest BCUT2D eigenvalue weighted by Gasteiger charge is 2.08. The zero-order valence-corrected chi connectivity index (χ0v) is 14.5. The number of para-hydroxylation sites is 2. The second-order valence-corrected chi connectivity index (χ2v) is 5.93. The average molecular weight is 360 g/mol. The van der Waals surface area contributed by atoms with E-state index in [2.05, 4.69) is 20.4 Å². The minimum atomic E-state index is -0.312. The van der Waals surface area contributed by atoms with Crippen molar-refractivity contribution in [3.8, 4) is 17.0 Å². The predicted octanol–water partition coefficient (Wildman–Crippen LogP) is 3.61. The highest BCUT2D eigenvalue weighted by Crippen LogP contribution is 2.22. The highest BCUT2D eigenvalue weighted by atomic mass is 16.5. The zero-order chi connectivity index (χ0) is 18.6. The molecule has 7 heteroatoms. The van der Waals surface area contributed by atoms with E-state index in [1.165, 1.54) is 0 Å².